The van der Waals surface area contributed by atoms with Gasteiger partial charge in [-0.3, -0.25) is 0 Å². The number of nitrogens with one attached hydrogen (secondary N) is 1. The minimum Gasteiger partial charge on any atom is -0.373 e. The van der Waals surface area contributed by atoms with Crippen LogP contribution in [0.2, 0.25) is 0 Å². The maximum Gasteiger partial charge on any atom is 0.191 e. The number of aromatic nitrogens is 2. The average molecular weight is 288 g/mol. The highest BCUT2D eigenvalue weighted by atomic mass is 32.2. The topological polar surface area (TPSA) is 41.0 Å². The molecule has 106 valence electrons. The zero-order valence-electron chi connectivity index (χ0n) is 12.3. The number of hydrogen-bond donors (Lipinski definition) is 1. The molecule has 0 amide bonds. The summed E-state index contributed by atoms with van der Waals surface area (Å²) >= 11 is 1.54. The van der Waals surface area contributed by atoms with E-state index < -0.39 is 0 Å². The predicted octanol–water partition coefficient (Wildman–Crippen LogP) is 3.57. The third kappa shape index (κ3) is 3.22. The van der Waals surface area contributed by atoms with Crippen LogP contribution in [0, 0.1) is 0 Å². The van der Waals surface area contributed by atoms with Crippen LogP contribution in [0.25, 0.3) is 0 Å². The fourth-order valence-corrected chi connectivity index (χ4v) is 2.27. The number of nitrogens with zero attached hydrogens (tertiary/aromatic N) is 3. The van der Waals surface area contributed by atoms with Crippen molar-refractivity contribution >= 4 is 29.1 Å². The Morgan fingerprint density at radius 3 is 2.45 bits per heavy atom. The standard InChI is InChI=1S/C15H20N4S/c1-5-11-6-8-12(9-7-11)19(3)14-10-13(16-2)17-15(18-14)20-4/h6-10H,5H2,1-4H3,(H,16,17,18). The molecule has 2 rings (SSSR count). The first-order chi connectivity index (χ1) is 9.67. The molecule has 0 unspecified atom stereocenters. The molecule has 0 radical (unpaired) electrons. The summed E-state index contributed by atoms with van der Waals surface area (Å²) in [6, 6.07) is 10.5. The van der Waals surface area contributed by atoms with E-state index in [4.69, 9.17) is 0 Å². The number of thioether (sulfide) groups is 1. The molecule has 0 saturated carbocycles. The Bertz CT molecular complexity index is 546. The van der Waals surface area contributed by atoms with E-state index in [9.17, 15) is 0 Å². The summed E-state index contributed by atoms with van der Waals surface area (Å²) in [4.78, 5) is 11.0. The Labute approximate surface area is 124 Å². The van der Waals surface area contributed by atoms with Gasteiger partial charge in [0.2, 0.25) is 0 Å². The van der Waals surface area contributed by atoms with Crippen molar-refractivity contribution in [2.45, 2.75) is 18.5 Å². The second-order valence-corrected chi connectivity index (χ2v) is 5.20. The lowest BCUT2D eigenvalue weighted by Gasteiger charge is -2.19. The quantitative estimate of drug-likeness (QED) is 0.673. The van der Waals surface area contributed by atoms with E-state index in [0.29, 0.717) is 0 Å². The Kier molecular flexibility index (Phi) is 4.84. The van der Waals surface area contributed by atoms with Gasteiger partial charge >= 0.3 is 0 Å². The molecule has 1 N–H and O–H groups in total. The molecule has 1 aromatic carbocycles. The second-order valence-electron chi connectivity index (χ2n) is 4.43. The largest absolute Gasteiger partial charge is 0.373 e. The first-order valence-electron chi connectivity index (χ1n) is 6.61. The van der Waals surface area contributed by atoms with Crippen LogP contribution in [0.1, 0.15) is 12.5 Å². The maximum atomic E-state index is 4.56. The van der Waals surface area contributed by atoms with Crippen molar-refractivity contribution in [3.8, 4) is 0 Å². The van der Waals surface area contributed by atoms with Gasteiger partial charge in [0.05, 0.1) is 0 Å². The summed E-state index contributed by atoms with van der Waals surface area (Å²) in [5, 5.41) is 3.84. The third-order valence-electron chi connectivity index (χ3n) is 3.21. The van der Waals surface area contributed by atoms with Crippen molar-refractivity contribution in [1.82, 2.24) is 9.97 Å². The van der Waals surface area contributed by atoms with Gasteiger partial charge in [-0.2, -0.15) is 0 Å². The van der Waals surface area contributed by atoms with Gasteiger partial charge in [0, 0.05) is 25.8 Å². The molecular formula is C15H20N4S. The fraction of sp³-hybridized carbons (Fsp3) is 0.333. The van der Waals surface area contributed by atoms with Crippen LogP contribution in [0.15, 0.2) is 35.5 Å². The van der Waals surface area contributed by atoms with Gasteiger partial charge in [0.15, 0.2) is 5.16 Å². The highest BCUT2D eigenvalue weighted by Crippen LogP contribution is 2.25. The van der Waals surface area contributed by atoms with Crippen molar-refractivity contribution in [1.29, 1.82) is 0 Å². The van der Waals surface area contributed by atoms with Gasteiger partial charge in [-0.05, 0) is 30.4 Å². The van der Waals surface area contributed by atoms with E-state index >= 15 is 0 Å². The molecule has 2 aromatic rings. The summed E-state index contributed by atoms with van der Waals surface area (Å²) in [7, 11) is 3.89. The van der Waals surface area contributed by atoms with Crippen molar-refractivity contribution in [3.63, 3.8) is 0 Å². The number of aryl methyl sites for hydroxylation is 1. The summed E-state index contributed by atoms with van der Waals surface area (Å²) in [5.74, 6) is 1.72. The van der Waals surface area contributed by atoms with Crippen molar-refractivity contribution in [2.24, 2.45) is 0 Å². The molecule has 4 nitrogen and oxygen atoms in total. The first kappa shape index (κ1) is 14.7. The van der Waals surface area contributed by atoms with E-state index in [2.05, 4.69) is 51.4 Å². The van der Waals surface area contributed by atoms with Gasteiger partial charge < -0.3 is 10.2 Å². The lowest BCUT2D eigenvalue weighted by atomic mass is 10.1. The molecule has 1 heterocycles. The molecule has 0 saturated heterocycles. The van der Waals surface area contributed by atoms with E-state index in [1.165, 1.54) is 5.56 Å². The number of hydrogen-bond acceptors (Lipinski definition) is 5. The third-order valence-corrected chi connectivity index (χ3v) is 3.75. The van der Waals surface area contributed by atoms with Crippen LogP contribution in [0.5, 0.6) is 0 Å². The van der Waals surface area contributed by atoms with Gasteiger partial charge in [-0.1, -0.05) is 30.8 Å². The molecule has 1 aromatic heterocycles. The second kappa shape index (κ2) is 6.61. The Morgan fingerprint density at radius 1 is 1.20 bits per heavy atom. The Balaban J connectivity index is 2.33. The molecule has 0 aliphatic heterocycles. The highest BCUT2D eigenvalue weighted by molar-refractivity contribution is 7.98. The van der Waals surface area contributed by atoms with Gasteiger partial charge in [-0.25, -0.2) is 9.97 Å². The molecule has 0 atom stereocenters. The Morgan fingerprint density at radius 2 is 1.90 bits per heavy atom. The molecule has 0 spiro atoms. The lowest BCUT2D eigenvalue weighted by Crippen LogP contribution is -2.12. The minimum atomic E-state index is 0.767. The summed E-state index contributed by atoms with van der Waals surface area (Å²) < 4.78 is 0. The van der Waals surface area contributed by atoms with E-state index in [1.807, 2.05) is 26.4 Å². The van der Waals surface area contributed by atoms with Crippen molar-refractivity contribution in [3.05, 3.63) is 35.9 Å². The maximum absolute atomic E-state index is 4.56. The van der Waals surface area contributed by atoms with E-state index in [1.54, 1.807) is 11.8 Å². The molecule has 0 fully saturated rings. The van der Waals surface area contributed by atoms with Crippen LogP contribution >= 0.6 is 11.8 Å². The van der Waals surface area contributed by atoms with Crippen LogP contribution in [-0.2, 0) is 6.42 Å². The van der Waals surface area contributed by atoms with Gasteiger partial charge in [0.25, 0.3) is 0 Å². The van der Waals surface area contributed by atoms with E-state index in [-0.39, 0.29) is 0 Å². The molecular weight excluding hydrogens is 268 g/mol. The summed E-state index contributed by atoms with van der Waals surface area (Å²) in [6.07, 6.45) is 3.03. The average Bonchev–Trinajstić information content (AvgIpc) is 2.53. The van der Waals surface area contributed by atoms with Crippen LogP contribution in [-0.4, -0.2) is 30.3 Å². The molecule has 5 heteroatoms. The zero-order valence-corrected chi connectivity index (χ0v) is 13.2. The van der Waals surface area contributed by atoms with Crippen molar-refractivity contribution in [2.75, 3.05) is 30.6 Å². The molecule has 0 bridgehead atoms. The number of anilines is 3. The molecule has 0 aliphatic carbocycles. The minimum absolute atomic E-state index is 0.767. The van der Waals surface area contributed by atoms with Gasteiger partial charge in [-0.15, -0.1) is 0 Å². The van der Waals surface area contributed by atoms with E-state index in [0.717, 1.165) is 28.9 Å². The zero-order chi connectivity index (χ0) is 14.5. The fourth-order valence-electron chi connectivity index (χ4n) is 1.89. The van der Waals surface area contributed by atoms with Crippen LogP contribution in [0.4, 0.5) is 17.3 Å². The normalized spacial score (nSPS) is 10.4. The monoisotopic (exact) mass is 288 g/mol. The first-order valence-corrected chi connectivity index (χ1v) is 7.84. The number of rotatable bonds is 5. The van der Waals surface area contributed by atoms with Crippen LogP contribution < -0.4 is 10.2 Å². The SMILES string of the molecule is CCc1ccc(N(C)c2cc(NC)nc(SC)n2)cc1. The highest BCUT2D eigenvalue weighted by Gasteiger charge is 2.09. The smallest absolute Gasteiger partial charge is 0.191 e. The summed E-state index contributed by atoms with van der Waals surface area (Å²) in [6.45, 7) is 2.16. The Hall–Kier alpha value is -1.75. The van der Waals surface area contributed by atoms with Crippen molar-refractivity contribution < 1.29 is 0 Å². The summed E-state index contributed by atoms with van der Waals surface area (Å²) in [5.41, 5.74) is 2.46. The number of benzene rings is 1. The van der Waals surface area contributed by atoms with Crippen LogP contribution in [0.3, 0.4) is 0 Å². The van der Waals surface area contributed by atoms with Gasteiger partial charge in [0.1, 0.15) is 11.6 Å². The molecule has 0 aliphatic rings. The predicted molar refractivity (Wildman–Crippen MR) is 87.2 cm³/mol. The lowest BCUT2D eigenvalue weighted by molar-refractivity contribution is 0.947. The molecule has 20 heavy (non-hydrogen) atoms.